The van der Waals surface area contributed by atoms with Gasteiger partial charge in [0, 0.05) is 22.1 Å². The molecule has 0 radical (unpaired) electrons. The molecule has 8 aromatic carbocycles. The molecule has 0 aliphatic heterocycles. The summed E-state index contributed by atoms with van der Waals surface area (Å²) in [5.41, 5.74) is 9.55. The normalized spacial score (nSPS) is 11.3. The fraction of sp³-hybridized carbons (Fsp3) is 0. The van der Waals surface area contributed by atoms with Gasteiger partial charge in [-0.1, -0.05) is 164 Å². The Morgan fingerprint density at radius 2 is 0.896 bits per heavy atom. The van der Waals surface area contributed by atoms with Gasteiger partial charge in [-0.25, -0.2) is 9.97 Å². The van der Waals surface area contributed by atoms with E-state index in [2.05, 4.69) is 176 Å². The first-order chi connectivity index (χ1) is 23.8. The second-order valence-corrected chi connectivity index (χ2v) is 12.2. The summed E-state index contributed by atoms with van der Waals surface area (Å²) in [5, 5.41) is 7.04. The molecule has 2 nitrogen and oxygen atoms in total. The molecule has 2 heteroatoms. The second kappa shape index (κ2) is 11.8. The zero-order valence-corrected chi connectivity index (χ0v) is 26.2. The Kier molecular flexibility index (Phi) is 6.84. The largest absolute Gasteiger partial charge is 0.228 e. The molecule has 1 heterocycles. The maximum absolute atomic E-state index is 5.52. The van der Waals surface area contributed by atoms with E-state index < -0.39 is 0 Å². The molecule has 1 aromatic heterocycles. The molecule has 0 saturated heterocycles. The van der Waals surface area contributed by atoms with Crippen LogP contribution in [-0.4, -0.2) is 9.97 Å². The maximum atomic E-state index is 5.52. The zero-order valence-electron chi connectivity index (χ0n) is 26.2. The lowest BCUT2D eigenvalue weighted by atomic mass is 9.91. The van der Waals surface area contributed by atoms with Gasteiger partial charge < -0.3 is 0 Å². The van der Waals surface area contributed by atoms with E-state index in [0.717, 1.165) is 50.2 Å². The summed E-state index contributed by atoms with van der Waals surface area (Å²) in [5.74, 6) is 0.716. The number of fused-ring (bicyclic) bond motifs is 4. The Balaban J connectivity index is 1.40. The lowest BCUT2D eigenvalue weighted by Gasteiger charge is -2.17. The summed E-state index contributed by atoms with van der Waals surface area (Å²) in [6, 6.07) is 64.5. The molecule has 0 unspecified atom stereocenters. The average molecular weight is 611 g/mol. The van der Waals surface area contributed by atoms with Crippen molar-refractivity contribution in [3.8, 4) is 56.2 Å². The van der Waals surface area contributed by atoms with Crippen LogP contribution in [0.3, 0.4) is 0 Å². The van der Waals surface area contributed by atoms with Crippen LogP contribution in [0, 0.1) is 0 Å². The van der Waals surface area contributed by atoms with E-state index in [9.17, 15) is 0 Å². The van der Waals surface area contributed by atoms with Crippen molar-refractivity contribution in [2.75, 3.05) is 0 Å². The molecule has 0 N–H and O–H groups in total. The Morgan fingerprint density at radius 3 is 1.65 bits per heavy atom. The summed E-state index contributed by atoms with van der Waals surface area (Å²) in [6.45, 7) is 0. The zero-order chi connectivity index (χ0) is 31.9. The van der Waals surface area contributed by atoms with E-state index in [1.165, 1.54) is 32.5 Å². The van der Waals surface area contributed by atoms with Crippen LogP contribution in [0.5, 0.6) is 0 Å². The number of nitrogens with zero attached hydrogens (tertiary/aromatic N) is 2. The SMILES string of the molecule is c1ccc(-c2ccc(-c3ccccc3)c(-c3cc(-c4ccccc4)nc(-c4c5ccccc5cc5ccc6ccccc6c45)n3)c2)cc1. The first-order valence-corrected chi connectivity index (χ1v) is 16.3. The van der Waals surface area contributed by atoms with Crippen molar-refractivity contribution >= 4 is 32.3 Å². The van der Waals surface area contributed by atoms with E-state index in [0.29, 0.717) is 5.82 Å². The van der Waals surface area contributed by atoms with Crippen molar-refractivity contribution in [3.63, 3.8) is 0 Å². The minimum atomic E-state index is 0.716. The number of aromatic nitrogens is 2. The number of benzene rings is 8. The Labute approximate surface area is 279 Å². The molecule has 9 aromatic rings. The first-order valence-electron chi connectivity index (χ1n) is 16.3. The summed E-state index contributed by atoms with van der Waals surface area (Å²) < 4.78 is 0. The van der Waals surface area contributed by atoms with Crippen molar-refractivity contribution in [3.05, 3.63) is 182 Å². The van der Waals surface area contributed by atoms with E-state index in [4.69, 9.17) is 9.97 Å². The first kappa shape index (κ1) is 27.9. The van der Waals surface area contributed by atoms with E-state index >= 15 is 0 Å². The number of hydrogen-bond acceptors (Lipinski definition) is 2. The predicted octanol–water partition coefficient (Wildman–Crippen LogP) is 12.3. The van der Waals surface area contributed by atoms with Gasteiger partial charge >= 0.3 is 0 Å². The van der Waals surface area contributed by atoms with Gasteiger partial charge in [0.05, 0.1) is 11.4 Å². The van der Waals surface area contributed by atoms with Gasteiger partial charge in [-0.2, -0.15) is 0 Å². The van der Waals surface area contributed by atoms with Gasteiger partial charge in [0.25, 0.3) is 0 Å². The lowest BCUT2D eigenvalue weighted by Crippen LogP contribution is -1.99. The van der Waals surface area contributed by atoms with E-state index in [1.54, 1.807) is 0 Å². The Bertz CT molecular complexity index is 2590. The standard InChI is InChI=1S/C46H30N2/c1-4-14-31(15-5-1)35-26-27-38(32-16-6-2-7-17-32)41(29-35)43-30-42(34-19-8-3-9-20-34)47-46(48-43)45-40-23-13-11-21-36(40)28-37-25-24-33-18-10-12-22-39(33)44(37)45/h1-30H. The Morgan fingerprint density at radius 1 is 0.312 bits per heavy atom. The molecule has 0 aliphatic rings. The smallest absolute Gasteiger partial charge is 0.161 e. The topological polar surface area (TPSA) is 25.8 Å². The van der Waals surface area contributed by atoms with Crippen LogP contribution < -0.4 is 0 Å². The predicted molar refractivity (Wildman–Crippen MR) is 202 cm³/mol. The highest BCUT2D eigenvalue weighted by atomic mass is 14.9. The molecule has 0 bridgehead atoms. The molecular weight excluding hydrogens is 581 g/mol. The van der Waals surface area contributed by atoms with Crippen LogP contribution in [-0.2, 0) is 0 Å². The van der Waals surface area contributed by atoms with Gasteiger partial charge in [0.15, 0.2) is 5.82 Å². The highest BCUT2D eigenvalue weighted by molar-refractivity contribution is 6.21. The van der Waals surface area contributed by atoms with Crippen LogP contribution in [0.15, 0.2) is 182 Å². The van der Waals surface area contributed by atoms with Crippen molar-refractivity contribution in [1.29, 1.82) is 0 Å². The monoisotopic (exact) mass is 610 g/mol. The van der Waals surface area contributed by atoms with Crippen molar-refractivity contribution < 1.29 is 0 Å². The van der Waals surface area contributed by atoms with Crippen molar-refractivity contribution in [1.82, 2.24) is 9.97 Å². The summed E-state index contributed by atoms with van der Waals surface area (Å²) in [7, 11) is 0. The molecule has 0 aliphatic carbocycles. The third-order valence-corrected chi connectivity index (χ3v) is 9.26. The molecule has 0 atom stereocenters. The summed E-state index contributed by atoms with van der Waals surface area (Å²) in [6.07, 6.45) is 0. The highest BCUT2D eigenvalue weighted by Crippen LogP contribution is 2.42. The van der Waals surface area contributed by atoms with Crippen molar-refractivity contribution in [2.24, 2.45) is 0 Å². The third-order valence-electron chi connectivity index (χ3n) is 9.26. The molecule has 0 saturated carbocycles. The third kappa shape index (κ3) is 4.92. The molecular formula is C46H30N2. The molecule has 0 spiro atoms. The van der Waals surface area contributed by atoms with Crippen molar-refractivity contribution in [2.45, 2.75) is 0 Å². The van der Waals surface area contributed by atoms with Crippen LogP contribution in [0.25, 0.3) is 88.5 Å². The molecule has 9 rings (SSSR count). The van der Waals surface area contributed by atoms with Gasteiger partial charge in [0.1, 0.15) is 0 Å². The molecule has 0 amide bonds. The number of hydrogen-bond donors (Lipinski definition) is 0. The average Bonchev–Trinajstić information content (AvgIpc) is 3.17. The summed E-state index contributed by atoms with van der Waals surface area (Å²) in [4.78, 5) is 10.9. The van der Waals surface area contributed by atoms with Crippen LogP contribution >= 0.6 is 0 Å². The van der Waals surface area contributed by atoms with Crippen LogP contribution in [0.1, 0.15) is 0 Å². The maximum Gasteiger partial charge on any atom is 0.161 e. The number of rotatable bonds is 5. The summed E-state index contributed by atoms with van der Waals surface area (Å²) >= 11 is 0. The van der Waals surface area contributed by atoms with E-state index in [1.807, 2.05) is 6.07 Å². The van der Waals surface area contributed by atoms with Gasteiger partial charge in [-0.05, 0) is 67.4 Å². The minimum absolute atomic E-state index is 0.716. The van der Waals surface area contributed by atoms with Gasteiger partial charge in [-0.3, -0.25) is 0 Å². The quantitative estimate of drug-likeness (QED) is 0.143. The molecule has 0 fully saturated rings. The fourth-order valence-corrected chi connectivity index (χ4v) is 6.96. The Hall–Kier alpha value is -6.38. The fourth-order valence-electron chi connectivity index (χ4n) is 6.96. The van der Waals surface area contributed by atoms with Crippen LogP contribution in [0.2, 0.25) is 0 Å². The lowest BCUT2D eigenvalue weighted by molar-refractivity contribution is 1.19. The highest BCUT2D eigenvalue weighted by Gasteiger charge is 2.19. The van der Waals surface area contributed by atoms with E-state index in [-0.39, 0.29) is 0 Å². The van der Waals surface area contributed by atoms with Crippen LogP contribution in [0.4, 0.5) is 0 Å². The van der Waals surface area contributed by atoms with Gasteiger partial charge in [0.2, 0.25) is 0 Å². The second-order valence-electron chi connectivity index (χ2n) is 12.2. The molecule has 48 heavy (non-hydrogen) atoms. The van der Waals surface area contributed by atoms with Gasteiger partial charge in [-0.15, -0.1) is 0 Å². The molecule has 224 valence electrons. The minimum Gasteiger partial charge on any atom is -0.228 e.